The molecule has 0 aliphatic carbocycles. The van der Waals surface area contributed by atoms with Crippen LogP contribution in [0.4, 0.5) is 5.69 Å². The predicted molar refractivity (Wildman–Crippen MR) is 177 cm³/mol. The number of pyridine rings is 5. The number of fused-ring (bicyclic) bond motifs is 9. The van der Waals surface area contributed by atoms with Crippen molar-refractivity contribution in [3.05, 3.63) is 134 Å². The number of benzene rings is 3. The van der Waals surface area contributed by atoms with Gasteiger partial charge in [-0.2, -0.15) is 0 Å². The Bertz CT molecular complexity index is 2050. The average Bonchev–Trinajstić information content (AvgIpc) is 3.09. The third-order valence-corrected chi connectivity index (χ3v) is 7.68. The molecule has 6 nitrogen and oxygen atoms in total. The molecule has 7 heteroatoms. The molecular formula is C37H28CoN6. The number of rotatable bonds is 0. The zero-order valence-electron chi connectivity index (χ0n) is 24.0. The zero-order valence-corrected chi connectivity index (χ0v) is 25.0. The van der Waals surface area contributed by atoms with Crippen molar-refractivity contribution in [2.75, 3.05) is 0 Å². The minimum atomic E-state index is 0. The third-order valence-electron chi connectivity index (χ3n) is 7.68. The van der Waals surface area contributed by atoms with E-state index < -0.39 is 0 Å². The standard InChI is InChI=1S/C13H12N2.2C12H8N2.Co/c1-9-6-8-15-13-11(9)5-4-10-3-2-7-14-12(10)13;2*1-3-9-5-6-10-4-2-8-14-12(10)11(9)13-7-1;/h2-5,7-9H,6H2,1H3;2*1-8H;. The fraction of sp³-hybridized carbons (Fsp3) is 0.0811. The molecule has 0 bridgehead atoms. The van der Waals surface area contributed by atoms with Gasteiger partial charge < -0.3 is 0 Å². The van der Waals surface area contributed by atoms with Gasteiger partial charge in [0.15, 0.2) is 0 Å². The van der Waals surface area contributed by atoms with E-state index in [1.807, 2.05) is 42.7 Å². The van der Waals surface area contributed by atoms with Crippen LogP contribution in [-0.4, -0.2) is 31.1 Å². The maximum absolute atomic E-state index is 4.48. The number of nitrogens with zero attached hydrogens (tertiary/aromatic N) is 6. The van der Waals surface area contributed by atoms with E-state index in [-0.39, 0.29) is 16.8 Å². The minimum Gasteiger partial charge on any atom is -0.259 e. The Labute approximate surface area is 265 Å². The van der Waals surface area contributed by atoms with Gasteiger partial charge in [-0.1, -0.05) is 73.7 Å². The third kappa shape index (κ3) is 5.75. The number of hydrogen-bond donors (Lipinski definition) is 0. The van der Waals surface area contributed by atoms with Crippen LogP contribution in [0, 0.1) is 0 Å². The molecule has 0 amide bonds. The molecule has 5 aromatic heterocycles. The molecule has 1 radical (unpaired) electrons. The summed E-state index contributed by atoms with van der Waals surface area (Å²) >= 11 is 0. The summed E-state index contributed by atoms with van der Waals surface area (Å²) < 4.78 is 0. The first-order valence-corrected chi connectivity index (χ1v) is 14.3. The molecular weight excluding hydrogens is 587 g/mol. The zero-order chi connectivity index (χ0) is 29.0. The van der Waals surface area contributed by atoms with Crippen LogP contribution >= 0.6 is 0 Å². The molecule has 1 aliphatic rings. The van der Waals surface area contributed by atoms with Gasteiger partial charge in [0, 0.05) is 80.9 Å². The molecule has 0 fully saturated rings. The largest absolute Gasteiger partial charge is 0.259 e. The van der Waals surface area contributed by atoms with Crippen molar-refractivity contribution in [2.45, 2.75) is 19.3 Å². The van der Waals surface area contributed by atoms with Crippen molar-refractivity contribution in [1.29, 1.82) is 0 Å². The molecule has 6 heterocycles. The van der Waals surface area contributed by atoms with Crippen molar-refractivity contribution in [2.24, 2.45) is 4.99 Å². The van der Waals surface area contributed by atoms with E-state index in [1.165, 1.54) is 10.9 Å². The van der Waals surface area contributed by atoms with Crippen LogP contribution in [0.2, 0.25) is 0 Å². The van der Waals surface area contributed by atoms with Crippen LogP contribution in [0.1, 0.15) is 24.8 Å². The monoisotopic (exact) mass is 615 g/mol. The van der Waals surface area contributed by atoms with Crippen LogP contribution in [0.25, 0.3) is 54.5 Å². The SMILES string of the molecule is CC1CC=Nc2c1ccc1cccnc21.[Co].c1cnc2c(c1)ccc1cccnc12.c1cnc2c(c1)ccc1cccnc12. The summed E-state index contributed by atoms with van der Waals surface area (Å²) in [4.78, 5) is 26.3. The van der Waals surface area contributed by atoms with Gasteiger partial charge in [0.05, 0.1) is 33.3 Å². The topological polar surface area (TPSA) is 76.8 Å². The second kappa shape index (κ2) is 13.0. The molecule has 215 valence electrons. The molecule has 0 spiro atoms. The summed E-state index contributed by atoms with van der Waals surface area (Å²) in [5, 5.41) is 5.72. The van der Waals surface area contributed by atoms with Gasteiger partial charge in [-0.25, -0.2) is 0 Å². The van der Waals surface area contributed by atoms with Crippen molar-refractivity contribution in [3.8, 4) is 0 Å². The first kappa shape index (κ1) is 29.0. The van der Waals surface area contributed by atoms with E-state index in [9.17, 15) is 0 Å². The van der Waals surface area contributed by atoms with Gasteiger partial charge in [0.2, 0.25) is 0 Å². The first-order chi connectivity index (χ1) is 21.3. The fourth-order valence-electron chi connectivity index (χ4n) is 5.47. The van der Waals surface area contributed by atoms with Crippen LogP contribution < -0.4 is 0 Å². The molecule has 44 heavy (non-hydrogen) atoms. The molecule has 0 saturated carbocycles. The van der Waals surface area contributed by atoms with E-state index in [4.69, 9.17) is 0 Å². The number of hydrogen-bond acceptors (Lipinski definition) is 6. The van der Waals surface area contributed by atoms with Crippen LogP contribution in [-0.2, 0) is 16.8 Å². The Morgan fingerprint density at radius 2 is 0.795 bits per heavy atom. The minimum absolute atomic E-state index is 0. The van der Waals surface area contributed by atoms with E-state index in [0.29, 0.717) is 5.92 Å². The normalized spacial score (nSPS) is 13.4. The van der Waals surface area contributed by atoms with E-state index in [0.717, 1.165) is 61.2 Å². The molecule has 3 aromatic carbocycles. The van der Waals surface area contributed by atoms with Crippen LogP contribution in [0.15, 0.2) is 133 Å². The molecule has 9 rings (SSSR count). The molecule has 8 aromatic rings. The smallest absolute Gasteiger partial charge is 0.0964 e. The Hall–Kier alpha value is -5.11. The Morgan fingerprint density at radius 1 is 0.455 bits per heavy atom. The Balaban J connectivity index is 0.000000116. The van der Waals surface area contributed by atoms with Crippen molar-refractivity contribution in [3.63, 3.8) is 0 Å². The van der Waals surface area contributed by atoms with Gasteiger partial charge >= 0.3 is 0 Å². The Morgan fingerprint density at radius 3 is 1.20 bits per heavy atom. The van der Waals surface area contributed by atoms with Crippen molar-refractivity contribution < 1.29 is 16.8 Å². The second-order valence-electron chi connectivity index (χ2n) is 10.5. The van der Waals surface area contributed by atoms with Crippen LogP contribution in [0.3, 0.4) is 0 Å². The summed E-state index contributed by atoms with van der Waals surface area (Å²) in [6.07, 6.45) is 12.1. The fourth-order valence-corrected chi connectivity index (χ4v) is 5.47. The molecule has 1 atom stereocenters. The maximum Gasteiger partial charge on any atom is 0.0964 e. The van der Waals surface area contributed by atoms with Crippen molar-refractivity contribution >= 4 is 66.4 Å². The van der Waals surface area contributed by atoms with E-state index >= 15 is 0 Å². The quantitative estimate of drug-likeness (QED) is 0.159. The second-order valence-corrected chi connectivity index (χ2v) is 10.5. The van der Waals surface area contributed by atoms with Gasteiger partial charge in [0.1, 0.15) is 0 Å². The van der Waals surface area contributed by atoms with Gasteiger partial charge in [-0.05, 0) is 48.2 Å². The molecule has 0 N–H and O–H groups in total. The average molecular weight is 616 g/mol. The number of aliphatic imine (C=N–C) groups is 1. The Kier molecular flexibility index (Phi) is 8.59. The predicted octanol–water partition coefficient (Wildman–Crippen LogP) is 9.01. The van der Waals surface area contributed by atoms with Gasteiger partial charge in [0.25, 0.3) is 0 Å². The molecule has 1 unspecified atom stereocenters. The van der Waals surface area contributed by atoms with Crippen LogP contribution in [0.5, 0.6) is 0 Å². The summed E-state index contributed by atoms with van der Waals surface area (Å²) in [6, 6.07) is 32.6. The summed E-state index contributed by atoms with van der Waals surface area (Å²) in [5.74, 6) is 0.559. The van der Waals surface area contributed by atoms with Gasteiger partial charge in [-0.15, -0.1) is 0 Å². The maximum atomic E-state index is 4.48. The van der Waals surface area contributed by atoms with E-state index in [1.54, 1.807) is 24.8 Å². The summed E-state index contributed by atoms with van der Waals surface area (Å²) in [6.45, 7) is 2.23. The summed E-state index contributed by atoms with van der Waals surface area (Å²) in [5.41, 5.74) is 7.32. The molecule has 1 aliphatic heterocycles. The molecule has 0 saturated heterocycles. The summed E-state index contributed by atoms with van der Waals surface area (Å²) in [7, 11) is 0. The van der Waals surface area contributed by atoms with Gasteiger partial charge in [-0.3, -0.25) is 29.9 Å². The van der Waals surface area contributed by atoms with Crippen molar-refractivity contribution in [1.82, 2.24) is 24.9 Å². The first-order valence-electron chi connectivity index (χ1n) is 14.3. The number of aromatic nitrogens is 5. The van der Waals surface area contributed by atoms with E-state index in [2.05, 4.69) is 104 Å².